The molecular formula is C11H20N4O2. The van der Waals surface area contributed by atoms with Crippen LogP contribution in [0.25, 0.3) is 0 Å². The first-order valence-electron chi connectivity index (χ1n) is 6.03. The van der Waals surface area contributed by atoms with Gasteiger partial charge in [0.2, 0.25) is 5.89 Å². The maximum absolute atomic E-state index is 5.64. The van der Waals surface area contributed by atoms with Crippen LogP contribution in [0.15, 0.2) is 4.42 Å². The second-order valence-corrected chi connectivity index (χ2v) is 4.79. The van der Waals surface area contributed by atoms with Gasteiger partial charge in [-0.3, -0.25) is 0 Å². The van der Waals surface area contributed by atoms with Crippen LogP contribution in [0.3, 0.4) is 0 Å². The Balaban J connectivity index is 1.99. The van der Waals surface area contributed by atoms with E-state index in [0.29, 0.717) is 25.1 Å². The van der Waals surface area contributed by atoms with E-state index in [2.05, 4.69) is 34.3 Å². The summed E-state index contributed by atoms with van der Waals surface area (Å²) in [6, 6.07) is 0.592. The van der Waals surface area contributed by atoms with Gasteiger partial charge in [0, 0.05) is 6.54 Å². The molecule has 0 atom stereocenters. The quantitative estimate of drug-likeness (QED) is 0.839. The van der Waals surface area contributed by atoms with Crippen molar-refractivity contribution >= 4 is 6.01 Å². The molecule has 0 saturated carbocycles. The smallest absolute Gasteiger partial charge is 0.318 e. The van der Waals surface area contributed by atoms with Gasteiger partial charge in [-0.25, -0.2) is 0 Å². The van der Waals surface area contributed by atoms with E-state index in [-0.39, 0.29) is 5.60 Å². The zero-order valence-electron chi connectivity index (χ0n) is 10.7. The molecule has 2 rings (SSSR count). The van der Waals surface area contributed by atoms with Gasteiger partial charge in [0.25, 0.3) is 0 Å². The van der Waals surface area contributed by atoms with Crippen molar-refractivity contribution in [1.82, 2.24) is 15.5 Å². The SMILES string of the molecule is CCNCc1nnc(N2CCOC(C)(C)C2)o1. The maximum atomic E-state index is 5.64. The minimum atomic E-state index is -0.158. The van der Waals surface area contributed by atoms with Crippen LogP contribution in [0.2, 0.25) is 0 Å². The Kier molecular flexibility index (Phi) is 3.63. The Labute approximate surface area is 101 Å². The molecule has 6 heteroatoms. The van der Waals surface area contributed by atoms with Crippen molar-refractivity contribution in [3.05, 3.63) is 5.89 Å². The third kappa shape index (κ3) is 3.17. The molecule has 1 N–H and O–H groups in total. The van der Waals surface area contributed by atoms with Crippen LogP contribution in [-0.2, 0) is 11.3 Å². The number of hydrogen-bond acceptors (Lipinski definition) is 6. The number of ether oxygens (including phenoxy) is 1. The molecule has 0 aromatic carbocycles. The summed E-state index contributed by atoms with van der Waals surface area (Å²) in [5.74, 6) is 0.631. The van der Waals surface area contributed by atoms with Gasteiger partial charge in [0.1, 0.15) is 0 Å². The lowest BCUT2D eigenvalue weighted by molar-refractivity contribution is -0.0290. The summed E-state index contributed by atoms with van der Waals surface area (Å²) in [6.07, 6.45) is 0. The molecule has 0 unspecified atom stereocenters. The third-order valence-electron chi connectivity index (χ3n) is 2.68. The average Bonchev–Trinajstić information content (AvgIpc) is 2.73. The van der Waals surface area contributed by atoms with Gasteiger partial charge in [-0.15, -0.1) is 5.10 Å². The first-order chi connectivity index (χ1) is 8.11. The van der Waals surface area contributed by atoms with E-state index in [1.807, 2.05) is 6.92 Å². The van der Waals surface area contributed by atoms with E-state index in [4.69, 9.17) is 9.15 Å². The maximum Gasteiger partial charge on any atom is 0.318 e. The molecule has 0 radical (unpaired) electrons. The predicted molar refractivity (Wildman–Crippen MR) is 63.9 cm³/mol. The molecule has 1 aromatic heterocycles. The lowest BCUT2D eigenvalue weighted by Crippen LogP contribution is -2.48. The minimum absolute atomic E-state index is 0.158. The fraction of sp³-hybridized carbons (Fsp3) is 0.818. The Morgan fingerprint density at radius 1 is 1.41 bits per heavy atom. The Hall–Kier alpha value is -1.14. The number of morpholine rings is 1. The molecule has 96 valence electrons. The van der Waals surface area contributed by atoms with Crippen molar-refractivity contribution in [3.63, 3.8) is 0 Å². The second kappa shape index (κ2) is 5.01. The number of hydrogen-bond donors (Lipinski definition) is 1. The Bertz CT molecular complexity index is 364. The van der Waals surface area contributed by atoms with E-state index in [9.17, 15) is 0 Å². The number of aromatic nitrogens is 2. The summed E-state index contributed by atoms with van der Waals surface area (Å²) in [6.45, 7) is 9.95. The van der Waals surface area contributed by atoms with E-state index < -0.39 is 0 Å². The van der Waals surface area contributed by atoms with Crippen LogP contribution in [0.1, 0.15) is 26.7 Å². The highest BCUT2D eigenvalue weighted by molar-refractivity contribution is 5.26. The van der Waals surface area contributed by atoms with E-state index in [0.717, 1.165) is 19.6 Å². The molecule has 0 spiro atoms. The number of rotatable bonds is 4. The zero-order valence-corrected chi connectivity index (χ0v) is 10.7. The number of nitrogens with one attached hydrogen (secondary N) is 1. The standard InChI is InChI=1S/C11H20N4O2/c1-4-12-7-9-13-14-10(17-9)15-5-6-16-11(2,3)8-15/h12H,4-8H2,1-3H3. The molecule has 0 aliphatic carbocycles. The normalized spacial score (nSPS) is 19.6. The summed E-state index contributed by atoms with van der Waals surface area (Å²) in [5.41, 5.74) is -0.158. The molecule has 0 bridgehead atoms. The van der Waals surface area contributed by atoms with Gasteiger partial charge in [0.05, 0.1) is 25.3 Å². The zero-order chi connectivity index (χ0) is 12.3. The van der Waals surface area contributed by atoms with Crippen molar-refractivity contribution in [2.24, 2.45) is 0 Å². The summed E-state index contributed by atoms with van der Waals surface area (Å²) in [5, 5.41) is 11.2. The highest BCUT2D eigenvalue weighted by Gasteiger charge is 2.29. The van der Waals surface area contributed by atoms with Gasteiger partial charge >= 0.3 is 6.01 Å². The van der Waals surface area contributed by atoms with Crippen LogP contribution in [-0.4, -0.2) is 42.0 Å². The molecule has 2 heterocycles. The molecule has 17 heavy (non-hydrogen) atoms. The molecule has 0 amide bonds. The van der Waals surface area contributed by atoms with Gasteiger partial charge in [-0.05, 0) is 20.4 Å². The highest BCUT2D eigenvalue weighted by Crippen LogP contribution is 2.21. The van der Waals surface area contributed by atoms with Crippen LogP contribution in [0.4, 0.5) is 6.01 Å². The fourth-order valence-corrected chi connectivity index (χ4v) is 1.86. The highest BCUT2D eigenvalue weighted by atomic mass is 16.5. The van der Waals surface area contributed by atoms with Crippen molar-refractivity contribution < 1.29 is 9.15 Å². The first-order valence-corrected chi connectivity index (χ1v) is 6.03. The first kappa shape index (κ1) is 12.3. The molecule has 1 aromatic rings. The van der Waals surface area contributed by atoms with Crippen LogP contribution in [0, 0.1) is 0 Å². The number of anilines is 1. The Morgan fingerprint density at radius 3 is 2.94 bits per heavy atom. The summed E-state index contributed by atoms with van der Waals surface area (Å²) >= 11 is 0. The Morgan fingerprint density at radius 2 is 2.24 bits per heavy atom. The minimum Gasteiger partial charge on any atom is -0.407 e. The molecule has 6 nitrogen and oxygen atoms in total. The van der Waals surface area contributed by atoms with Crippen LogP contribution in [0.5, 0.6) is 0 Å². The lowest BCUT2D eigenvalue weighted by Gasteiger charge is -2.36. The number of nitrogens with zero attached hydrogens (tertiary/aromatic N) is 3. The van der Waals surface area contributed by atoms with Crippen molar-refractivity contribution in [3.8, 4) is 0 Å². The fourth-order valence-electron chi connectivity index (χ4n) is 1.86. The summed E-state index contributed by atoms with van der Waals surface area (Å²) in [7, 11) is 0. The van der Waals surface area contributed by atoms with Gasteiger partial charge in [-0.2, -0.15) is 0 Å². The van der Waals surface area contributed by atoms with Crippen LogP contribution < -0.4 is 10.2 Å². The van der Waals surface area contributed by atoms with Crippen LogP contribution >= 0.6 is 0 Å². The summed E-state index contributed by atoms with van der Waals surface area (Å²) < 4.78 is 11.2. The molecule has 1 fully saturated rings. The van der Waals surface area contributed by atoms with Gasteiger partial charge < -0.3 is 19.4 Å². The van der Waals surface area contributed by atoms with Gasteiger partial charge in [0.15, 0.2) is 0 Å². The largest absolute Gasteiger partial charge is 0.407 e. The van der Waals surface area contributed by atoms with E-state index >= 15 is 0 Å². The average molecular weight is 240 g/mol. The predicted octanol–water partition coefficient (Wildman–Crippen LogP) is 0.794. The van der Waals surface area contributed by atoms with Crippen molar-refractivity contribution in [2.75, 3.05) is 31.1 Å². The van der Waals surface area contributed by atoms with Crippen molar-refractivity contribution in [1.29, 1.82) is 0 Å². The topological polar surface area (TPSA) is 63.4 Å². The van der Waals surface area contributed by atoms with Crippen molar-refractivity contribution in [2.45, 2.75) is 32.9 Å². The second-order valence-electron chi connectivity index (χ2n) is 4.79. The molecule has 1 saturated heterocycles. The van der Waals surface area contributed by atoms with Gasteiger partial charge in [-0.1, -0.05) is 12.0 Å². The monoisotopic (exact) mass is 240 g/mol. The molecular weight excluding hydrogens is 220 g/mol. The molecule has 1 aliphatic rings. The van der Waals surface area contributed by atoms with E-state index in [1.165, 1.54) is 0 Å². The molecule has 1 aliphatic heterocycles. The third-order valence-corrected chi connectivity index (χ3v) is 2.68. The van der Waals surface area contributed by atoms with E-state index in [1.54, 1.807) is 0 Å². The lowest BCUT2D eigenvalue weighted by atomic mass is 10.1. The summed E-state index contributed by atoms with van der Waals surface area (Å²) in [4.78, 5) is 2.08.